The van der Waals surface area contributed by atoms with Crippen molar-refractivity contribution < 1.29 is 0 Å². The van der Waals surface area contributed by atoms with Gasteiger partial charge in [0.1, 0.15) is 0 Å². The molecule has 0 fully saturated rings. The predicted octanol–water partition coefficient (Wildman–Crippen LogP) is 3.09. The van der Waals surface area contributed by atoms with Crippen LogP contribution in [0.1, 0.15) is 25.8 Å². The zero-order chi connectivity index (χ0) is 12.1. The van der Waals surface area contributed by atoms with E-state index in [4.69, 9.17) is 4.99 Å². The Bertz CT molecular complexity index is 375. The van der Waals surface area contributed by atoms with Gasteiger partial charge < -0.3 is 5.32 Å². The molecule has 1 aromatic carbocycles. The van der Waals surface area contributed by atoms with Gasteiger partial charge >= 0.3 is 0 Å². The fourth-order valence-corrected chi connectivity index (χ4v) is 2.85. The van der Waals surface area contributed by atoms with Crippen LogP contribution in [-0.2, 0) is 6.42 Å². The van der Waals surface area contributed by atoms with Crippen molar-refractivity contribution in [1.82, 2.24) is 5.32 Å². The molecule has 3 heteroatoms. The van der Waals surface area contributed by atoms with Crippen molar-refractivity contribution in [3.05, 3.63) is 35.9 Å². The van der Waals surface area contributed by atoms with Crippen molar-refractivity contribution in [3.63, 3.8) is 0 Å². The molecule has 0 aliphatic carbocycles. The summed E-state index contributed by atoms with van der Waals surface area (Å²) >= 11 is 1.85. The number of amidine groups is 1. The van der Waals surface area contributed by atoms with Crippen molar-refractivity contribution in [2.45, 2.75) is 38.8 Å². The van der Waals surface area contributed by atoms with E-state index in [0.29, 0.717) is 12.1 Å². The van der Waals surface area contributed by atoms with Gasteiger partial charge in [-0.3, -0.25) is 4.99 Å². The van der Waals surface area contributed by atoms with Crippen LogP contribution in [0.5, 0.6) is 0 Å². The maximum absolute atomic E-state index is 4.74. The molecule has 0 saturated heterocycles. The molecule has 1 aromatic rings. The third kappa shape index (κ3) is 3.77. The highest BCUT2D eigenvalue weighted by Crippen LogP contribution is 2.20. The van der Waals surface area contributed by atoms with E-state index in [9.17, 15) is 0 Å². The summed E-state index contributed by atoms with van der Waals surface area (Å²) in [4.78, 5) is 4.74. The molecule has 0 bridgehead atoms. The largest absolute Gasteiger partial charge is 0.362 e. The maximum Gasteiger partial charge on any atom is 0.157 e. The van der Waals surface area contributed by atoms with Crippen LogP contribution in [-0.4, -0.2) is 23.0 Å². The number of benzene rings is 1. The van der Waals surface area contributed by atoms with Crippen LogP contribution < -0.4 is 5.32 Å². The Morgan fingerprint density at radius 1 is 1.41 bits per heavy atom. The van der Waals surface area contributed by atoms with Crippen LogP contribution in [0.3, 0.4) is 0 Å². The number of nitrogens with one attached hydrogen (secondary N) is 1. The van der Waals surface area contributed by atoms with E-state index in [1.165, 1.54) is 5.56 Å². The van der Waals surface area contributed by atoms with Crippen LogP contribution in [0, 0.1) is 0 Å². The van der Waals surface area contributed by atoms with Crippen molar-refractivity contribution >= 4 is 16.9 Å². The van der Waals surface area contributed by atoms with Crippen molar-refractivity contribution in [1.29, 1.82) is 0 Å². The average molecular weight is 248 g/mol. The molecule has 1 aliphatic heterocycles. The van der Waals surface area contributed by atoms with Crippen LogP contribution in [0.4, 0.5) is 0 Å². The molecule has 0 saturated carbocycles. The highest BCUT2D eigenvalue weighted by atomic mass is 32.2. The first-order valence-electron chi connectivity index (χ1n) is 6.29. The first-order valence-corrected chi connectivity index (χ1v) is 7.27. The molecule has 1 aliphatic rings. The smallest absolute Gasteiger partial charge is 0.157 e. The van der Waals surface area contributed by atoms with Gasteiger partial charge in [0.2, 0.25) is 0 Å². The molecule has 0 amide bonds. The minimum absolute atomic E-state index is 0.439. The highest BCUT2D eigenvalue weighted by Gasteiger charge is 2.19. The molecule has 2 nitrogen and oxygen atoms in total. The normalized spacial score (nSPS) is 21.1. The molecule has 0 radical (unpaired) electrons. The van der Waals surface area contributed by atoms with Crippen LogP contribution in [0.15, 0.2) is 35.3 Å². The van der Waals surface area contributed by atoms with E-state index in [1.807, 2.05) is 11.8 Å². The van der Waals surface area contributed by atoms with Gasteiger partial charge in [-0.15, -0.1) is 0 Å². The second kappa shape index (κ2) is 6.10. The highest BCUT2D eigenvalue weighted by molar-refractivity contribution is 8.14. The number of thioether (sulfide) groups is 1. The molecule has 2 atom stereocenters. The van der Waals surface area contributed by atoms with Gasteiger partial charge in [-0.05, 0) is 25.3 Å². The van der Waals surface area contributed by atoms with Crippen molar-refractivity contribution in [3.8, 4) is 0 Å². The molecule has 2 rings (SSSR count). The third-order valence-electron chi connectivity index (χ3n) is 3.01. The average Bonchev–Trinajstić information content (AvgIpc) is 2.77. The van der Waals surface area contributed by atoms with Crippen molar-refractivity contribution in [2.75, 3.05) is 5.75 Å². The zero-order valence-corrected chi connectivity index (χ0v) is 11.3. The lowest BCUT2D eigenvalue weighted by Crippen LogP contribution is -2.28. The van der Waals surface area contributed by atoms with Crippen LogP contribution >= 0.6 is 11.8 Å². The van der Waals surface area contributed by atoms with Gasteiger partial charge in [-0.25, -0.2) is 0 Å². The summed E-state index contributed by atoms with van der Waals surface area (Å²) in [6, 6.07) is 11.6. The van der Waals surface area contributed by atoms with Gasteiger partial charge in [0, 0.05) is 11.8 Å². The van der Waals surface area contributed by atoms with Gasteiger partial charge in [0.25, 0.3) is 0 Å². The van der Waals surface area contributed by atoms with E-state index in [1.54, 1.807) is 0 Å². The molecule has 0 aromatic heterocycles. The minimum Gasteiger partial charge on any atom is -0.362 e. The Morgan fingerprint density at radius 2 is 2.18 bits per heavy atom. The van der Waals surface area contributed by atoms with E-state index in [0.717, 1.165) is 23.8 Å². The summed E-state index contributed by atoms with van der Waals surface area (Å²) in [6.07, 6.45) is 2.20. The predicted molar refractivity (Wildman–Crippen MR) is 76.7 cm³/mol. The summed E-state index contributed by atoms with van der Waals surface area (Å²) in [7, 11) is 0. The monoisotopic (exact) mass is 248 g/mol. The molecule has 0 spiro atoms. The lowest BCUT2D eigenvalue weighted by molar-refractivity contribution is 0.642. The summed E-state index contributed by atoms with van der Waals surface area (Å²) in [6.45, 7) is 4.40. The molecule has 1 heterocycles. The Kier molecular flexibility index (Phi) is 4.49. The second-order valence-electron chi connectivity index (χ2n) is 4.54. The lowest BCUT2D eigenvalue weighted by atomic mass is 10.1. The molecular weight excluding hydrogens is 228 g/mol. The summed E-state index contributed by atoms with van der Waals surface area (Å²) in [5.74, 6) is 1.10. The van der Waals surface area contributed by atoms with E-state index in [-0.39, 0.29) is 0 Å². The SMILES string of the molecule is CCC(C)NC1=NC(Cc2ccccc2)CS1. The first kappa shape index (κ1) is 12.5. The minimum atomic E-state index is 0.439. The first-order chi connectivity index (χ1) is 8.28. The van der Waals surface area contributed by atoms with Gasteiger partial charge in [0.05, 0.1) is 6.04 Å². The lowest BCUT2D eigenvalue weighted by Gasteiger charge is -2.11. The Morgan fingerprint density at radius 3 is 2.88 bits per heavy atom. The summed E-state index contributed by atoms with van der Waals surface area (Å²) in [5.41, 5.74) is 1.38. The molecule has 1 N–H and O–H groups in total. The van der Waals surface area contributed by atoms with E-state index < -0.39 is 0 Å². The van der Waals surface area contributed by atoms with Gasteiger partial charge in [-0.1, -0.05) is 49.0 Å². The molecular formula is C14H20N2S. The summed E-state index contributed by atoms with van der Waals surface area (Å²) in [5, 5.41) is 4.58. The third-order valence-corrected chi connectivity index (χ3v) is 4.06. The quantitative estimate of drug-likeness (QED) is 0.885. The molecule has 17 heavy (non-hydrogen) atoms. The van der Waals surface area contributed by atoms with Crippen LogP contribution in [0.25, 0.3) is 0 Å². The Balaban J connectivity index is 1.88. The van der Waals surface area contributed by atoms with Crippen LogP contribution in [0.2, 0.25) is 0 Å². The Hall–Kier alpha value is -0.960. The fourth-order valence-electron chi connectivity index (χ4n) is 1.80. The van der Waals surface area contributed by atoms with E-state index in [2.05, 4.69) is 49.5 Å². The number of nitrogens with zero attached hydrogens (tertiary/aromatic N) is 1. The second-order valence-corrected chi connectivity index (χ2v) is 5.55. The number of aliphatic imine (C=N–C) groups is 1. The number of rotatable bonds is 4. The summed E-state index contributed by atoms with van der Waals surface area (Å²) < 4.78 is 0. The van der Waals surface area contributed by atoms with Crippen molar-refractivity contribution in [2.24, 2.45) is 4.99 Å². The molecule has 2 unspecified atom stereocenters. The zero-order valence-electron chi connectivity index (χ0n) is 10.5. The standard InChI is InChI=1S/C14H20N2S/c1-3-11(2)15-14-16-13(10-17-14)9-12-7-5-4-6-8-12/h4-8,11,13H,3,9-10H2,1-2H3,(H,15,16). The Labute approximate surface area is 108 Å². The van der Waals surface area contributed by atoms with E-state index >= 15 is 0 Å². The van der Waals surface area contributed by atoms with Gasteiger partial charge in [0.15, 0.2) is 5.17 Å². The fraction of sp³-hybridized carbons (Fsp3) is 0.500. The molecule has 92 valence electrons. The number of hydrogen-bond donors (Lipinski definition) is 1. The number of hydrogen-bond acceptors (Lipinski definition) is 3. The topological polar surface area (TPSA) is 24.4 Å². The maximum atomic E-state index is 4.74. The van der Waals surface area contributed by atoms with Gasteiger partial charge in [-0.2, -0.15) is 0 Å².